The third-order valence-corrected chi connectivity index (χ3v) is 4.55. The van der Waals surface area contributed by atoms with Crippen LogP contribution in [0.5, 0.6) is 0 Å². The van der Waals surface area contributed by atoms with Gasteiger partial charge in [0.25, 0.3) is 0 Å². The van der Waals surface area contributed by atoms with Crippen LogP contribution in [-0.2, 0) is 9.47 Å². The molecule has 148 valence electrons. The monoisotopic (exact) mass is 388 g/mol. The van der Waals surface area contributed by atoms with E-state index in [4.69, 9.17) is 9.47 Å². The van der Waals surface area contributed by atoms with Crippen molar-refractivity contribution in [3.05, 3.63) is 71.8 Å². The van der Waals surface area contributed by atoms with E-state index in [1.807, 2.05) is 0 Å². The van der Waals surface area contributed by atoms with Crippen molar-refractivity contribution < 1.29 is 39.5 Å². The molecule has 0 radical (unpaired) electrons. The molecule has 1 fully saturated rings. The van der Waals surface area contributed by atoms with Gasteiger partial charge in [-0.15, -0.1) is 0 Å². The maximum Gasteiger partial charge on any atom is 0.338 e. The molecule has 6 atom stereocenters. The first-order valence-corrected chi connectivity index (χ1v) is 8.64. The van der Waals surface area contributed by atoms with Crippen LogP contribution in [-0.4, -0.2) is 69.0 Å². The molecule has 28 heavy (non-hydrogen) atoms. The molecule has 1 saturated carbocycles. The van der Waals surface area contributed by atoms with Gasteiger partial charge < -0.3 is 29.9 Å². The first kappa shape index (κ1) is 20.0. The van der Waals surface area contributed by atoms with Crippen molar-refractivity contribution in [1.29, 1.82) is 0 Å². The Labute approximate surface area is 160 Å². The number of aliphatic hydroxyl groups excluding tert-OH is 4. The number of hydrogen-bond acceptors (Lipinski definition) is 8. The quantitative estimate of drug-likeness (QED) is 0.534. The molecule has 6 unspecified atom stereocenters. The molecular formula is C20H20O8. The van der Waals surface area contributed by atoms with E-state index in [1.54, 1.807) is 36.4 Å². The Morgan fingerprint density at radius 2 is 0.893 bits per heavy atom. The predicted octanol–water partition coefficient (Wildman–Crippen LogP) is -0.105. The number of carbonyl (C=O) groups is 2. The maximum absolute atomic E-state index is 12.4. The smallest absolute Gasteiger partial charge is 0.338 e. The van der Waals surface area contributed by atoms with Crippen molar-refractivity contribution in [2.24, 2.45) is 0 Å². The number of ether oxygens (including phenoxy) is 2. The Bertz CT molecular complexity index is 740. The number of benzene rings is 2. The molecule has 0 aromatic heterocycles. The van der Waals surface area contributed by atoms with Crippen LogP contribution in [0.25, 0.3) is 0 Å². The Balaban J connectivity index is 1.84. The molecular weight excluding hydrogens is 368 g/mol. The second-order valence-corrected chi connectivity index (χ2v) is 6.43. The highest BCUT2D eigenvalue weighted by molar-refractivity contribution is 5.90. The van der Waals surface area contributed by atoms with Crippen LogP contribution in [0.2, 0.25) is 0 Å². The number of aliphatic hydroxyl groups is 4. The van der Waals surface area contributed by atoms with Gasteiger partial charge in [-0.05, 0) is 24.3 Å². The van der Waals surface area contributed by atoms with E-state index in [2.05, 4.69) is 0 Å². The molecule has 0 spiro atoms. The van der Waals surface area contributed by atoms with Crippen molar-refractivity contribution >= 4 is 11.9 Å². The van der Waals surface area contributed by atoms with Crippen LogP contribution in [0.4, 0.5) is 0 Å². The molecule has 0 bridgehead atoms. The first-order chi connectivity index (χ1) is 13.4. The normalized spacial score (nSPS) is 29.7. The summed E-state index contributed by atoms with van der Waals surface area (Å²) in [5.74, 6) is -1.69. The number of rotatable bonds is 4. The highest BCUT2D eigenvalue weighted by Gasteiger charge is 2.53. The molecule has 2 aromatic rings. The van der Waals surface area contributed by atoms with Gasteiger partial charge in [0.05, 0.1) is 11.1 Å². The van der Waals surface area contributed by atoms with Crippen LogP contribution in [0, 0.1) is 0 Å². The van der Waals surface area contributed by atoms with E-state index in [-0.39, 0.29) is 11.1 Å². The molecule has 1 aliphatic rings. The molecule has 2 aromatic carbocycles. The lowest BCUT2D eigenvalue weighted by molar-refractivity contribution is -0.223. The van der Waals surface area contributed by atoms with Gasteiger partial charge in [0.1, 0.15) is 24.4 Å². The van der Waals surface area contributed by atoms with E-state index in [1.165, 1.54) is 24.3 Å². The van der Waals surface area contributed by atoms with Crippen molar-refractivity contribution in [3.63, 3.8) is 0 Å². The fraction of sp³-hybridized carbons (Fsp3) is 0.300. The fourth-order valence-corrected chi connectivity index (χ4v) is 2.99. The summed E-state index contributed by atoms with van der Waals surface area (Å²) in [6, 6.07) is 15.7. The van der Waals surface area contributed by atoms with Crippen molar-refractivity contribution in [2.45, 2.75) is 36.6 Å². The van der Waals surface area contributed by atoms with Crippen molar-refractivity contribution in [2.75, 3.05) is 0 Å². The van der Waals surface area contributed by atoms with Gasteiger partial charge >= 0.3 is 11.9 Å². The number of hydrogen-bond donors (Lipinski definition) is 4. The van der Waals surface area contributed by atoms with Gasteiger partial charge in [0, 0.05) is 0 Å². The zero-order valence-electron chi connectivity index (χ0n) is 14.7. The molecule has 8 heteroatoms. The fourth-order valence-electron chi connectivity index (χ4n) is 2.99. The third-order valence-electron chi connectivity index (χ3n) is 4.55. The average Bonchev–Trinajstić information content (AvgIpc) is 2.74. The van der Waals surface area contributed by atoms with Crippen LogP contribution < -0.4 is 0 Å². The molecule has 1 aliphatic carbocycles. The van der Waals surface area contributed by atoms with Gasteiger partial charge in [-0.1, -0.05) is 36.4 Å². The van der Waals surface area contributed by atoms with E-state index >= 15 is 0 Å². The Morgan fingerprint density at radius 1 is 0.571 bits per heavy atom. The first-order valence-electron chi connectivity index (χ1n) is 8.64. The van der Waals surface area contributed by atoms with Crippen LogP contribution in [0.3, 0.4) is 0 Å². The summed E-state index contributed by atoms with van der Waals surface area (Å²) < 4.78 is 10.5. The largest absolute Gasteiger partial charge is 0.452 e. The molecule has 0 saturated heterocycles. The third kappa shape index (κ3) is 4.05. The summed E-state index contributed by atoms with van der Waals surface area (Å²) in [6.45, 7) is 0. The van der Waals surface area contributed by atoms with Gasteiger partial charge in [0.2, 0.25) is 0 Å². The standard InChI is InChI=1S/C20H20O8/c21-13-14(22)16(24)18(28-20(26)12-9-5-2-6-10-12)17(15(13)23)27-19(25)11-7-3-1-4-8-11/h1-10,13-18,21-24H. The zero-order chi connectivity index (χ0) is 20.3. The lowest BCUT2D eigenvalue weighted by Gasteiger charge is -2.42. The summed E-state index contributed by atoms with van der Waals surface area (Å²) in [7, 11) is 0. The summed E-state index contributed by atoms with van der Waals surface area (Å²) >= 11 is 0. The summed E-state index contributed by atoms with van der Waals surface area (Å²) in [6.07, 6.45) is -10.3. The molecule has 0 amide bonds. The Kier molecular flexibility index (Phi) is 6.05. The highest BCUT2D eigenvalue weighted by Crippen LogP contribution is 2.28. The molecule has 8 nitrogen and oxygen atoms in total. The van der Waals surface area contributed by atoms with Crippen LogP contribution in [0.1, 0.15) is 20.7 Å². The minimum Gasteiger partial charge on any atom is -0.452 e. The topological polar surface area (TPSA) is 134 Å². The van der Waals surface area contributed by atoms with Gasteiger partial charge in [0.15, 0.2) is 12.2 Å². The number of esters is 2. The molecule has 0 heterocycles. The van der Waals surface area contributed by atoms with Crippen LogP contribution >= 0.6 is 0 Å². The maximum atomic E-state index is 12.4. The SMILES string of the molecule is O=C(OC1C(O)C(O)C(O)C(O)C1OC(=O)c1ccccc1)c1ccccc1. The lowest BCUT2D eigenvalue weighted by Crippen LogP contribution is -2.65. The van der Waals surface area contributed by atoms with Crippen molar-refractivity contribution in [3.8, 4) is 0 Å². The minimum absolute atomic E-state index is 0.165. The minimum atomic E-state index is -1.80. The molecule has 4 N–H and O–H groups in total. The van der Waals surface area contributed by atoms with Crippen LogP contribution in [0.15, 0.2) is 60.7 Å². The molecule has 3 rings (SSSR count). The zero-order valence-corrected chi connectivity index (χ0v) is 14.7. The summed E-state index contributed by atoms with van der Waals surface area (Å²) in [5.41, 5.74) is 0.330. The Hall–Kier alpha value is -2.78. The highest BCUT2D eigenvalue weighted by atomic mass is 16.6. The van der Waals surface area contributed by atoms with E-state index in [0.717, 1.165) is 0 Å². The van der Waals surface area contributed by atoms with E-state index < -0.39 is 48.6 Å². The average molecular weight is 388 g/mol. The van der Waals surface area contributed by atoms with Gasteiger partial charge in [-0.25, -0.2) is 9.59 Å². The molecule has 0 aliphatic heterocycles. The summed E-state index contributed by atoms with van der Waals surface area (Å²) in [4.78, 5) is 24.7. The number of carbonyl (C=O) groups excluding carboxylic acids is 2. The Morgan fingerprint density at radius 3 is 1.21 bits per heavy atom. The van der Waals surface area contributed by atoms with E-state index in [0.29, 0.717) is 0 Å². The second kappa shape index (κ2) is 8.49. The van der Waals surface area contributed by atoms with Gasteiger partial charge in [-0.2, -0.15) is 0 Å². The van der Waals surface area contributed by atoms with E-state index in [9.17, 15) is 30.0 Å². The lowest BCUT2D eigenvalue weighted by atomic mass is 9.84. The summed E-state index contributed by atoms with van der Waals surface area (Å²) in [5, 5.41) is 40.5. The van der Waals surface area contributed by atoms with Crippen molar-refractivity contribution in [1.82, 2.24) is 0 Å². The predicted molar refractivity (Wildman–Crippen MR) is 95.3 cm³/mol. The second-order valence-electron chi connectivity index (χ2n) is 6.43. The van der Waals surface area contributed by atoms with Gasteiger partial charge in [-0.3, -0.25) is 0 Å².